The molecule has 0 aromatic carbocycles. The minimum absolute atomic E-state index is 0.407. The van der Waals surface area contributed by atoms with Crippen LogP contribution in [0, 0.1) is 6.92 Å². The number of hydrogen-bond donors (Lipinski definition) is 2. The Labute approximate surface area is 80.0 Å². The topological polar surface area (TPSA) is 75.1 Å². The van der Waals surface area contributed by atoms with Crippen LogP contribution in [0.4, 0.5) is 5.13 Å². The van der Waals surface area contributed by atoms with Gasteiger partial charge in [0.2, 0.25) is 5.13 Å². The quantitative estimate of drug-likeness (QED) is 0.733. The molecule has 1 aromatic rings. The molecule has 0 bridgehead atoms. The molecule has 0 unspecified atom stereocenters. The van der Waals surface area contributed by atoms with Crippen molar-refractivity contribution in [1.29, 1.82) is 0 Å². The fourth-order valence-corrected chi connectivity index (χ4v) is 1.17. The number of aliphatic hydroxyl groups is 1. The van der Waals surface area contributed by atoms with E-state index in [1.165, 1.54) is 13.8 Å². The molecule has 1 aromatic heterocycles. The maximum Gasteiger partial charge on any atom is 0.257 e. The van der Waals surface area contributed by atoms with Gasteiger partial charge in [0.05, 0.1) is 0 Å². The molecule has 0 aliphatic carbocycles. The average molecular weight is 201 g/mol. The third-order valence-electron chi connectivity index (χ3n) is 1.30. The highest BCUT2D eigenvalue weighted by Crippen LogP contribution is 2.12. The van der Waals surface area contributed by atoms with E-state index in [1.807, 2.05) is 0 Å². The largest absolute Gasteiger partial charge is 0.381 e. The molecule has 2 N–H and O–H groups in total. The molecule has 1 amide bonds. The molecule has 1 heterocycles. The van der Waals surface area contributed by atoms with E-state index >= 15 is 0 Å². The summed E-state index contributed by atoms with van der Waals surface area (Å²) in [5.41, 5.74) is -1.39. The van der Waals surface area contributed by atoms with Gasteiger partial charge < -0.3 is 5.11 Å². The van der Waals surface area contributed by atoms with Gasteiger partial charge in [-0.3, -0.25) is 10.1 Å². The minimum atomic E-state index is -1.39. The summed E-state index contributed by atoms with van der Waals surface area (Å²) in [4.78, 5) is 15.1. The van der Waals surface area contributed by atoms with Gasteiger partial charge in [-0.05, 0) is 20.8 Å². The Morgan fingerprint density at radius 3 is 2.62 bits per heavy atom. The SMILES string of the molecule is Cc1nsc(NC(=O)C(C)(C)O)n1. The monoisotopic (exact) mass is 201 g/mol. The lowest BCUT2D eigenvalue weighted by atomic mass is 10.1. The first-order chi connectivity index (χ1) is 5.89. The van der Waals surface area contributed by atoms with E-state index < -0.39 is 11.5 Å². The van der Waals surface area contributed by atoms with Gasteiger partial charge >= 0.3 is 0 Å². The van der Waals surface area contributed by atoms with E-state index in [4.69, 9.17) is 0 Å². The normalized spacial score (nSPS) is 11.4. The fraction of sp³-hybridized carbons (Fsp3) is 0.571. The molecule has 0 aliphatic heterocycles. The molecule has 0 spiro atoms. The van der Waals surface area contributed by atoms with Gasteiger partial charge in [0.15, 0.2) is 0 Å². The molecule has 0 fully saturated rings. The Hall–Kier alpha value is -1.01. The van der Waals surface area contributed by atoms with Gasteiger partial charge in [-0.2, -0.15) is 4.37 Å². The highest BCUT2D eigenvalue weighted by atomic mass is 32.1. The van der Waals surface area contributed by atoms with Crippen LogP contribution in [0.3, 0.4) is 0 Å². The molecule has 5 nitrogen and oxygen atoms in total. The number of nitrogens with zero attached hydrogens (tertiary/aromatic N) is 2. The van der Waals surface area contributed by atoms with Crippen molar-refractivity contribution in [1.82, 2.24) is 9.36 Å². The van der Waals surface area contributed by atoms with Gasteiger partial charge in [0.1, 0.15) is 11.4 Å². The lowest BCUT2D eigenvalue weighted by Gasteiger charge is -2.14. The first kappa shape index (κ1) is 10.1. The van der Waals surface area contributed by atoms with Crippen molar-refractivity contribution in [2.24, 2.45) is 0 Å². The number of hydrogen-bond acceptors (Lipinski definition) is 5. The summed E-state index contributed by atoms with van der Waals surface area (Å²) < 4.78 is 3.89. The van der Waals surface area contributed by atoms with Crippen LogP contribution in [0.15, 0.2) is 0 Å². The number of aromatic nitrogens is 2. The number of aryl methyl sites for hydroxylation is 1. The third kappa shape index (κ3) is 2.74. The molecular weight excluding hydrogens is 190 g/mol. The average Bonchev–Trinajstić information content (AvgIpc) is 2.33. The van der Waals surface area contributed by atoms with Gasteiger partial charge in [-0.25, -0.2) is 4.98 Å². The Morgan fingerprint density at radius 1 is 1.62 bits per heavy atom. The van der Waals surface area contributed by atoms with Crippen molar-refractivity contribution >= 4 is 22.6 Å². The number of rotatable bonds is 2. The maximum atomic E-state index is 11.2. The zero-order chi connectivity index (χ0) is 10.1. The van der Waals surface area contributed by atoms with Crippen molar-refractivity contribution < 1.29 is 9.90 Å². The zero-order valence-corrected chi connectivity index (χ0v) is 8.47. The highest BCUT2D eigenvalue weighted by molar-refractivity contribution is 7.09. The van der Waals surface area contributed by atoms with Crippen LogP contribution in [-0.4, -0.2) is 26.0 Å². The minimum Gasteiger partial charge on any atom is -0.381 e. The number of carbonyl (C=O) groups is 1. The molecule has 6 heteroatoms. The summed E-state index contributed by atoms with van der Waals surface area (Å²) in [6.45, 7) is 4.56. The van der Waals surface area contributed by atoms with Crippen LogP contribution in [-0.2, 0) is 4.79 Å². The Balaban J connectivity index is 2.65. The van der Waals surface area contributed by atoms with Gasteiger partial charge in [0, 0.05) is 11.5 Å². The van der Waals surface area contributed by atoms with Crippen LogP contribution in [0.1, 0.15) is 19.7 Å². The molecular formula is C7H11N3O2S. The molecule has 0 saturated carbocycles. The van der Waals surface area contributed by atoms with Crippen molar-refractivity contribution in [3.05, 3.63) is 5.82 Å². The Morgan fingerprint density at radius 2 is 2.23 bits per heavy atom. The summed E-state index contributed by atoms with van der Waals surface area (Å²) in [7, 11) is 0. The number of carbonyl (C=O) groups excluding carboxylic acids is 1. The van der Waals surface area contributed by atoms with Crippen LogP contribution in [0.2, 0.25) is 0 Å². The third-order valence-corrected chi connectivity index (χ3v) is 2.03. The molecule has 0 atom stereocenters. The molecule has 0 aliphatic rings. The maximum absolute atomic E-state index is 11.2. The van der Waals surface area contributed by atoms with Crippen molar-refractivity contribution in [2.75, 3.05) is 5.32 Å². The first-order valence-corrected chi connectivity index (χ1v) is 4.51. The first-order valence-electron chi connectivity index (χ1n) is 3.74. The summed E-state index contributed by atoms with van der Waals surface area (Å²) in [5, 5.41) is 12.2. The van der Waals surface area contributed by atoms with Gasteiger partial charge in [-0.15, -0.1) is 0 Å². The predicted molar refractivity (Wildman–Crippen MR) is 49.6 cm³/mol. The number of anilines is 1. The Kier molecular flexibility index (Phi) is 2.63. The predicted octanol–water partition coefficient (Wildman–Crippen LogP) is 0.556. The molecule has 0 radical (unpaired) electrons. The van der Waals surface area contributed by atoms with E-state index in [0.717, 1.165) is 11.5 Å². The van der Waals surface area contributed by atoms with E-state index in [0.29, 0.717) is 11.0 Å². The fourth-order valence-electron chi connectivity index (χ4n) is 0.598. The highest BCUT2D eigenvalue weighted by Gasteiger charge is 2.24. The second-order valence-electron chi connectivity index (χ2n) is 3.16. The van der Waals surface area contributed by atoms with Gasteiger partial charge in [0.25, 0.3) is 5.91 Å². The van der Waals surface area contributed by atoms with Crippen LogP contribution < -0.4 is 5.32 Å². The summed E-state index contributed by atoms with van der Waals surface area (Å²) in [5.74, 6) is 0.125. The van der Waals surface area contributed by atoms with Crippen LogP contribution >= 0.6 is 11.5 Å². The summed E-state index contributed by atoms with van der Waals surface area (Å²) in [6.07, 6.45) is 0. The van der Waals surface area contributed by atoms with Crippen molar-refractivity contribution in [3.8, 4) is 0 Å². The van der Waals surface area contributed by atoms with Crippen molar-refractivity contribution in [3.63, 3.8) is 0 Å². The molecule has 1 rings (SSSR count). The Bertz CT molecular complexity index is 316. The van der Waals surface area contributed by atoms with Crippen molar-refractivity contribution in [2.45, 2.75) is 26.4 Å². The molecule has 13 heavy (non-hydrogen) atoms. The standard InChI is InChI=1S/C7H11N3O2S/c1-4-8-6(13-10-4)9-5(11)7(2,3)12/h12H,1-3H3,(H,8,9,10,11). The second kappa shape index (κ2) is 3.39. The zero-order valence-electron chi connectivity index (χ0n) is 7.66. The summed E-state index contributed by atoms with van der Waals surface area (Å²) >= 11 is 1.09. The molecule has 0 saturated heterocycles. The number of nitrogens with one attached hydrogen (secondary N) is 1. The van der Waals surface area contributed by atoms with Crippen LogP contribution in [0.5, 0.6) is 0 Å². The lowest BCUT2D eigenvalue weighted by Crippen LogP contribution is -2.36. The van der Waals surface area contributed by atoms with E-state index in [1.54, 1.807) is 6.92 Å². The van der Waals surface area contributed by atoms with Gasteiger partial charge in [-0.1, -0.05) is 0 Å². The molecule has 72 valence electrons. The second-order valence-corrected chi connectivity index (χ2v) is 3.91. The lowest BCUT2D eigenvalue weighted by molar-refractivity contribution is -0.130. The summed E-state index contributed by atoms with van der Waals surface area (Å²) in [6, 6.07) is 0. The van der Waals surface area contributed by atoms with E-state index in [-0.39, 0.29) is 0 Å². The van der Waals surface area contributed by atoms with E-state index in [2.05, 4.69) is 14.7 Å². The van der Waals surface area contributed by atoms with Crippen LogP contribution in [0.25, 0.3) is 0 Å². The number of amides is 1. The van der Waals surface area contributed by atoms with E-state index in [9.17, 15) is 9.90 Å². The smallest absolute Gasteiger partial charge is 0.257 e.